The molecule has 0 aliphatic carbocycles. The first-order valence-corrected chi connectivity index (χ1v) is 6.09. The fourth-order valence-electron chi connectivity index (χ4n) is 1.57. The highest BCUT2D eigenvalue weighted by Gasteiger charge is 2.11. The van der Waals surface area contributed by atoms with Crippen molar-refractivity contribution in [2.45, 2.75) is 6.10 Å². The third kappa shape index (κ3) is 3.14. The zero-order valence-electron chi connectivity index (χ0n) is 8.70. The molecule has 0 amide bonds. The number of hydrogen-bond donors (Lipinski definition) is 1. The average molecular weight is 288 g/mol. The van der Waals surface area contributed by atoms with E-state index < -0.39 is 6.10 Å². The van der Waals surface area contributed by atoms with Crippen LogP contribution in [0.3, 0.4) is 0 Å². The molecule has 0 aliphatic rings. The van der Waals surface area contributed by atoms with Crippen LogP contribution in [0.2, 0.25) is 15.1 Å². The molecule has 2 rings (SSSR count). The normalized spacial score (nSPS) is 12.5. The molecule has 2 aromatic carbocycles. The maximum Gasteiger partial charge on any atom is 0.104 e. The van der Waals surface area contributed by atoms with Crippen molar-refractivity contribution in [3.8, 4) is 0 Å². The summed E-state index contributed by atoms with van der Waals surface area (Å²) in [5.41, 5.74) is 1.40. The maximum absolute atomic E-state index is 10.2. The first kappa shape index (κ1) is 12.7. The molecule has 1 atom stereocenters. The molecule has 0 unspecified atom stereocenters. The van der Waals surface area contributed by atoms with Crippen molar-refractivity contribution in [1.29, 1.82) is 0 Å². The summed E-state index contributed by atoms with van der Waals surface area (Å²) >= 11 is 17.6. The summed E-state index contributed by atoms with van der Waals surface area (Å²) in [6.07, 6.45) is -0.761. The van der Waals surface area contributed by atoms with Crippen molar-refractivity contribution in [2.24, 2.45) is 0 Å². The van der Waals surface area contributed by atoms with Gasteiger partial charge in [-0.25, -0.2) is 0 Å². The lowest BCUT2D eigenvalue weighted by Gasteiger charge is -2.12. The minimum Gasteiger partial charge on any atom is -0.384 e. The van der Waals surface area contributed by atoms with Crippen molar-refractivity contribution in [3.05, 3.63) is 68.7 Å². The molecule has 88 valence electrons. The molecule has 0 fully saturated rings. The zero-order valence-corrected chi connectivity index (χ0v) is 11.0. The van der Waals surface area contributed by atoms with Gasteiger partial charge in [0, 0.05) is 15.1 Å². The smallest absolute Gasteiger partial charge is 0.104 e. The molecule has 0 heterocycles. The lowest BCUT2D eigenvalue weighted by Crippen LogP contribution is -1.99. The Morgan fingerprint density at radius 2 is 1.24 bits per heavy atom. The van der Waals surface area contributed by atoms with Crippen LogP contribution in [0.4, 0.5) is 0 Å². The number of halogens is 3. The SMILES string of the molecule is O[C@H](c1ccc(Cl)cc1)c1cc(Cl)cc(Cl)c1. The van der Waals surface area contributed by atoms with Gasteiger partial charge in [-0.1, -0.05) is 46.9 Å². The Hall–Kier alpha value is -0.730. The fraction of sp³-hybridized carbons (Fsp3) is 0.0769. The summed E-state index contributed by atoms with van der Waals surface area (Å²) in [5.74, 6) is 0. The summed E-state index contributed by atoms with van der Waals surface area (Å²) < 4.78 is 0. The zero-order chi connectivity index (χ0) is 12.4. The van der Waals surface area contributed by atoms with Crippen LogP contribution in [0.5, 0.6) is 0 Å². The Labute approximate surface area is 115 Å². The van der Waals surface area contributed by atoms with Crippen molar-refractivity contribution in [2.75, 3.05) is 0 Å². The van der Waals surface area contributed by atoms with E-state index in [2.05, 4.69) is 0 Å². The van der Waals surface area contributed by atoms with Gasteiger partial charge in [0.25, 0.3) is 0 Å². The van der Waals surface area contributed by atoms with Gasteiger partial charge in [0.2, 0.25) is 0 Å². The molecule has 0 spiro atoms. The summed E-state index contributed by atoms with van der Waals surface area (Å²) in [7, 11) is 0. The molecular weight excluding hydrogens is 279 g/mol. The molecule has 0 radical (unpaired) electrons. The van der Waals surface area contributed by atoms with E-state index in [1.165, 1.54) is 0 Å². The maximum atomic E-state index is 10.2. The third-order valence-electron chi connectivity index (χ3n) is 2.39. The van der Waals surface area contributed by atoms with Crippen molar-refractivity contribution in [3.63, 3.8) is 0 Å². The van der Waals surface area contributed by atoms with E-state index in [9.17, 15) is 5.11 Å². The molecule has 17 heavy (non-hydrogen) atoms. The summed E-state index contributed by atoms with van der Waals surface area (Å²) in [6, 6.07) is 12.0. The van der Waals surface area contributed by atoms with Gasteiger partial charge in [-0.15, -0.1) is 0 Å². The topological polar surface area (TPSA) is 20.2 Å². The lowest BCUT2D eigenvalue weighted by molar-refractivity contribution is 0.220. The van der Waals surface area contributed by atoms with Gasteiger partial charge in [-0.05, 0) is 41.5 Å². The second-order valence-electron chi connectivity index (χ2n) is 3.66. The van der Waals surface area contributed by atoms with Gasteiger partial charge in [0.1, 0.15) is 6.10 Å². The van der Waals surface area contributed by atoms with Crippen LogP contribution in [0.1, 0.15) is 17.2 Å². The number of rotatable bonds is 2. The van der Waals surface area contributed by atoms with E-state index in [0.717, 1.165) is 5.56 Å². The molecule has 0 saturated heterocycles. The van der Waals surface area contributed by atoms with Gasteiger partial charge in [0.05, 0.1) is 0 Å². The monoisotopic (exact) mass is 286 g/mol. The predicted molar refractivity (Wildman–Crippen MR) is 72.0 cm³/mol. The van der Waals surface area contributed by atoms with Crippen LogP contribution in [-0.2, 0) is 0 Å². The van der Waals surface area contributed by atoms with Crippen LogP contribution in [0.15, 0.2) is 42.5 Å². The summed E-state index contributed by atoms with van der Waals surface area (Å²) in [4.78, 5) is 0. The summed E-state index contributed by atoms with van der Waals surface area (Å²) in [6.45, 7) is 0. The first-order valence-electron chi connectivity index (χ1n) is 4.96. The second-order valence-corrected chi connectivity index (χ2v) is 4.97. The Bertz CT molecular complexity index is 502. The molecular formula is C13H9Cl3O. The molecule has 0 bridgehead atoms. The second kappa shape index (κ2) is 5.28. The van der Waals surface area contributed by atoms with E-state index >= 15 is 0 Å². The number of aliphatic hydroxyl groups is 1. The van der Waals surface area contributed by atoms with E-state index in [1.807, 2.05) is 0 Å². The largest absolute Gasteiger partial charge is 0.384 e. The van der Waals surface area contributed by atoms with Gasteiger partial charge >= 0.3 is 0 Å². The molecule has 1 nitrogen and oxygen atoms in total. The number of benzene rings is 2. The Balaban J connectivity index is 2.36. The van der Waals surface area contributed by atoms with Crippen molar-refractivity contribution < 1.29 is 5.11 Å². The molecule has 0 aliphatic heterocycles. The average Bonchev–Trinajstić information content (AvgIpc) is 2.28. The summed E-state index contributed by atoms with van der Waals surface area (Å²) in [5, 5.41) is 11.8. The minimum atomic E-state index is -0.761. The Morgan fingerprint density at radius 3 is 1.76 bits per heavy atom. The Morgan fingerprint density at radius 1 is 0.706 bits per heavy atom. The number of hydrogen-bond acceptors (Lipinski definition) is 1. The van der Waals surface area contributed by atoms with Crippen molar-refractivity contribution >= 4 is 34.8 Å². The van der Waals surface area contributed by atoms with E-state index in [0.29, 0.717) is 20.6 Å². The fourth-order valence-corrected chi connectivity index (χ4v) is 2.24. The van der Waals surface area contributed by atoms with Gasteiger partial charge in [-0.2, -0.15) is 0 Å². The predicted octanol–water partition coefficient (Wildman–Crippen LogP) is 4.73. The van der Waals surface area contributed by atoms with Crippen LogP contribution < -0.4 is 0 Å². The van der Waals surface area contributed by atoms with E-state index in [4.69, 9.17) is 34.8 Å². The van der Waals surface area contributed by atoms with Crippen molar-refractivity contribution in [1.82, 2.24) is 0 Å². The van der Waals surface area contributed by atoms with Crippen LogP contribution in [0, 0.1) is 0 Å². The van der Waals surface area contributed by atoms with Crippen LogP contribution in [0.25, 0.3) is 0 Å². The van der Waals surface area contributed by atoms with Gasteiger partial charge < -0.3 is 5.11 Å². The molecule has 2 aromatic rings. The highest BCUT2D eigenvalue weighted by Crippen LogP contribution is 2.28. The quantitative estimate of drug-likeness (QED) is 0.846. The molecule has 0 saturated carbocycles. The number of aliphatic hydroxyl groups excluding tert-OH is 1. The first-order chi connectivity index (χ1) is 8.06. The highest BCUT2D eigenvalue weighted by molar-refractivity contribution is 6.34. The third-order valence-corrected chi connectivity index (χ3v) is 3.07. The Kier molecular flexibility index (Phi) is 3.95. The van der Waals surface area contributed by atoms with Crippen LogP contribution >= 0.6 is 34.8 Å². The van der Waals surface area contributed by atoms with Gasteiger partial charge in [-0.3, -0.25) is 0 Å². The molecule has 4 heteroatoms. The van der Waals surface area contributed by atoms with E-state index in [1.54, 1.807) is 42.5 Å². The highest BCUT2D eigenvalue weighted by atomic mass is 35.5. The minimum absolute atomic E-state index is 0.500. The van der Waals surface area contributed by atoms with E-state index in [-0.39, 0.29) is 0 Å². The standard InChI is InChI=1S/C13H9Cl3O/c14-10-3-1-8(2-4-10)13(17)9-5-11(15)7-12(16)6-9/h1-7,13,17H/t13-/m1/s1. The molecule has 1 N–H and O–H groups in total. The molecule has 0 aromatic heterocycles. The van der Waals surface area contributed by atoms with Crippen LogP contribution in [-0.4, -0.2) is 5.11 Å². The lowest BCUT2D eigenvalue weighted by atomic mass is 10.0. The van der Waals surface area contributed by atoms with Gasteiger partial charge in [0.15, 0.2) is 0 Å².